The third-order valence-electron chi connectivity index (χ3n) is 3.56. The molecule has 1 saturated carbocycles. The Morgan fingerprint density at radius 2 is 2.29 bits per heavy atom. The summed E-state index contributed by atoms with van der Waals surface area (Å²) in [6, 6.07) is 4.81. The van der Waals surface area contributed by atoms with E-state index in [0.29, 0.717) is 6.04 Å². The molecular weight excluding hydrogens is 208 g/mol. The molecule has 0 aliphatic heterocycles. The van der Waals surface area contributed by atoms with Crippen molar-refractivity contribution in [2.45, 2.75) is 52.0 Å². The van der Waals surface area contributed by atoms with Crippen LogP contribution in [0.15, 0.2) is 18.3 Å². The van der Waals surface area contributed by atoms with Crippen molar-refractivity contribution in [2.24, 2.45) is 5.92 Å². The Bertz CT molecular complexity index is 345. The van der Waals surface area contributed by atoms with Crippen molar-refractivity contribution in [3.8, 4) is 0 Å². The Balaban J connectivity index is 1.92. The van der Waals surface area contributed by atoms with Gasteiger partial charge in [-0.25, -0.2) is 0 Å². The molecule has 0 saturated heterocycles. The van der Waals surface area contributed by atoms with Gasteiger partial charge in [-0.2, -0.15) is 0 Å². The molecule has 0 bridgehead atoms. The van der Waals surface area contributed by atoms with Crippen LogP contribution in [-0.4, -0.2) is 17.6 Å². The van der Waals surface area contributed by atoms with Crippen LogP contribution >= 0.6 is 0 Å². The van der Waals surface area contributed by atoms with Crippen molar-refractivity contribution in [1.82, 2.24) is 10.3 Å². The quantitative estimate of drug-likeness (QED) is 0.781. The molecule has 1 aliphatic carbocycles. The predicted molar refractivity (Wildman–Crippen MR) is 72.1 cm³/mol. The smallest absolute Gasteiger partial charge is 0.0448 e. The zero-order valence-corrected chi connectivity index (χ0v) is 11.1. The lowest BCUT2D eigenvalue weighted by molar-refractivity contribution is 0.451. The summed E-state index contributed by atoms with van der Waals surface area (Å²) in [5.74, 6) is 0.980. The van der Waals surface area contributed by atoms with Crippen LogP contribution in [0.5, 0.6) is 0 Å². The molecule has 1 fully saturated rings. The second kappa shape index (κ2) is 6.15. The number of pyridine rings is 1. The Hall–Kier alpha value is -0.890. The number of aryl methyl sites for hydroxylation is 1. The maximum Gasteiger partial charge on any atom is 0.0448 e. The summed E-state index contributed by atoms with van der Waals surface area (Å²) in [5.41, 5.74) is 2.59. The second-order valence-corrected chi connectivity index (χ2v) is 5.30. The molecule has 94 valence electrons. The van der Waals surface area contributed by atoms with E-state index in [1.54, 1.807) is 0 Å². The predicted octanol–water partition coefficient (Wildman–Crippen LogP) is 3.10. The van der Waals surface area contributed by atoms with Gasteiger partial charge < -0.3 is 5.32 Å². The molecule has 0 spiro atoms. The van der Waals surface area contributed by atoms with E-state index < -0.39 is 0 Å². The SMILES string of the molecule is CCCNC(Cc1ncccc1C)CC1CC1. The van der Waals surface area contributed by atoms with E-state index in [-0.39, 0.29) is 0 Å². The fourth-order valence-corrected chi connectivity index (χ4v) is 2.31. The summed E-state index contributed by atoms with van der Waals surface area (Å²) in [4.78, 5) is 4.51. The molecule has 0 radical (unpaired) electrons. The van der Waals surface area contributed by atoms with E-state index in [4.69, 9.17) is 0 Å². The van der Waals surface area contributed by atoms with Gasteiger partial charge in [0, 0.05) is 24.4 Å². The summed E-state index contributed by atoms with van der Waals surface area (Å²) >= 11 is 0. The van der Waals surface area contributed by atoms with Crippen molar-refractivity contribution in [3.63, 3.8) is 0 Å². The Morgan fingerprint density at radius 1 is 1.47 bits per heavy atom. The van der Waals surface area contributed by atoms with Gasteiger partial charge in [-0.3, -0.25) is 4.98 Å². The molecule has 1 aliphatic rings. The average molecular weight is 232 g/mol. The zero-order valence-electron chi connectivity index (χ0n) is 11.1. The first kappa shape index (κ1) is 12.6. The number of hydrogen-bond acceptors (Lipinski definition) is 2. The van der Waals surface area contributed by atoms with Crippen molar-refractivity contribution >= 4 is 0 Å². The lowest BCUT2D eigenvalue weighted by Crippen LogP contribution is -2.32. The van der Waals surface area contributed by atoms with Crippen LogP contribution in [-0.2, 0) is 6.42 Å². The molecule has 1 unspecified atom stereocenters. The third kappa shape index (κ3) is 4.12. The Labute approximate surface area is 105 Å². The molecular formula is C15H24N2. The molecule has 1 aromatic rings. The average Bonchev–Trinajstić information content (AvgIpc) is 3.13. The lowest BCUT2D eigenvalue weighted by Gasteiger charge is -2.18. The maximum atomic E-state index is 4.51. The van der Waals surface area contributed by atoms with E-state index in [0.717, 1.165) is 18.9 Å². The van der Waals surface area contributed by atoms with E-state index in [1.807, 2.05) is 12.3 Å². The van der Waals surface area contributed by atoms with Gasteiger partial charge in [-0.1, -0.05) is 25.8 Å². The first-order valence-electron chi connectivity index (χ1n) is 6.93. The van der Waals surface area contributed by atoms with Crippen LogP contribution < -0.4 is 5.32 Å². The number of aromatic nitrogens is 1. The van der Waals surface area contributed by atoms with E-state index >= 15 is 0 Å². The first-order valence-corrected chi connectivity index (χ1v) is 6.93. The highest BCUT2D eigenvalue weighted by molar-refractivity contribution is 5.18. The summed E-state index contributed by atoms with van der Waals surface area (Å²) in [7, 11) is 0. The number of rotatable bonds is 7. The molecule has 2 rings (SSSR count). The molecule has 0 aromatic carbocycles. The summed E-state index contributed by atoms with van der Waals surface area (Å²) in [6.07, 6.45) is 8.41. The van der Waals surface area contributed by atoms with E-state index in [2.05, 4.69) is 30.2 Å². The van der Waals surface area contributed by atoms with Crippen molar-refractivity contribution in [3.05, 3.63) is 29.6 Å². The highest BCUT2D eigenvalue weighted by atomic mass is 14.9. The van der Waals surface area contributed by atoms with Crippen LogP contribution in [0.1, 0.15) is 43.9 Å². The van der Waals surface area contributed by atoms with Crippen LogP contribution in [0, 0.1) is 12.8 Å². The molecule has 0 amide bonds. The second-order valence-electron chi connectivity index (χ2n) is 5.30. The fraction of sp³-hybridized carbons (Fsp3) is 0.667. The van der Waals surface area contributed by atoms with Crippen molar-refractivity contribution in [2.75, 3.05) is 6.54 Å². The molecule has 17 heavy (non-hydrogen) atoms. The Morgan fingerprint density at radius 3 is 2.94 bits per heavy atom. The minimum Gasteiger partial charge on any atom is -0.314 e. The standard InChI is InChI=1S/C15H24N2/c1-3-8-16-14(10-13-6-7-13)11-15-12(2)5-4-9-17-15/h4-5,9,13-14,16H,3,6-8,10-11H2,1-2H3. The summed E-state index contributed by atoms with van der Waals surface area (Å²) in [6.45, 7) is 5.52. The monoisotopic (exact) mass is 232 g/mol. The van der Waals surface area contributed by atoms with Crippen molar-refractivity contribution in [1.29, 1.82) is 0 Å². The van der Waals surface area contributed by atoms with Gasteiger partial charge >= 0.3 is 0 Å². The summed E-state index contributed by atoms with van der Waals surface area (Å²) < 4.78 is 0. The van der Waals surface area contributed by atoms with Crippen LogP contribution in [0.25, 0.3) is 0 Å². The van der Waals surface area contributed by atoms with Crippen molar-refractivity contribution < 1.29 is 0 Å². The van der Waals surface area contributed by atoms with Crippen LogP contribution in [0.4, 0.5) is 0 Å². The van der Waals surface area contributed by atoms with Crippen LogP contribution in [0.3, 0.4) is 0 Å². The minimum absolute atomic E-state index is 0.621. The number of hydrogen-bond donors (Lipinski definition) is 1. The zero-order chi connectivity index (χ0) is 12.1. The highest BCUT2D eigenvalue weighted by Crippen LogP contribution is 2.34. The Kier molecular flexibility index (Phi) is 4.55. The molecule has 1 N–H and O–H groups in total. The van der Waals surface area contributed by atoms with Gasteiger partial charge in [0.25, 0.3) is 0 Å². The van der Waals surface area contributed by atoms with Gasteiger partial charge in [-0.05, 0) is 43.9 Å². The molecule has 2 heteroatoms. The van der Waals surface area contributed by atoms with Crippen LogP contribution in [0.2, 0.25) is 0 Å². The van der Waals surface area contributed by atoms with Gasteiger partial charge in [0.2, 0.25) is 0 Å². The normalized spacial score (nSPS) is 17.1. The molecule has 1 aromatic heterocycles. The number of nitrogens with one attached hydrogen (secondary N) is 1. The molecule has 1 heterocycles. The third-order valence-corrected chi connectivity index (χ3v) is 3.56. The first-order chi connectivity index (χ1) is 8.29. The molecule has 1 atom stereocenters. The highest BCUT2D eigenvalue weighted by Gasteiger charge is 2.25. The van der Waals surface area contributed by atoms with E-state index in [9.17, 15) is 0 Å². The topological polar surface area (TPSA) is 24.9 Å². The van der Waals surface area contributed by atoms with Gasteiger partial charge in [0.15, 0.2) is 0 Å². The minimum atomic E-state index is 0.621. The van der Waals surface area contributed by atoms with Gasteiger partial charge in [-0.15, -0.1) is 0 Å². The number of nitrogens with zero attached hydrogens (tertiary/aromatic N) is 1. The summed E-state index contributed by atoms with van der Waals surface area (Å²) in [5, 5.41) is 3.68. The largest absolute Gasteiger partial charge is 0.314 e. The lowest BCUT2D eigenvalue weighted by atomic mass is 10.0. The fourth-order valence-electron chi connectivity index (χ4n) is 2.31. The molecule has 2 nitrogen and oxygen atoms in total. The van der Waals surface area contributed by atoms with E-state index in [1.165, 1.54) is 36.9 Å². The van der Waals surface area contributed by atoms with Gasteiger partial charge in [0.1, 0.15) is 0 Å². The maximum absolute atomic E-state index is 4.51. The van der Waals surface area contributed by atoms with Gasteiger partial charge in [0.05, 0.1) is 0 Å².